The van der Waals surface area contributed by atoms with Crippen molar-refractivity contribution in [3.05, 3.63) is 27.6 Å². The molecule has 16 heavy (non-hydrogen) atoms. The third-order valence-electron chi connectivity index (χ3n) is 1.82. The smallest absolute Gasteiger partial charge is 0.156 e. The zero-order valence-electron chi connectivity index (χ0n) is 8.90. The quantitative estimate of drug-likeness (QED) is 0.809. The van der Waals surface area contributed by atoms with Gasteiger partial charge in [0, 0.05) is 23.6 Å². The molecule has 0 aliphatic heterocycles. The highest BCUT2D eigenvalue weighted by Crippen LogP contribution is 2.29. The third-order valence-corrected chi connectivity index (χ3v) is 4.20. The van der Waals surface area contributed by atoms with E-state index < -0.39 is 0 Å². The second-order valence-corrected chi connectivity index (χ2v) is 6.09. The highest BCUT2D eigenvalue weighted by molar-refractivity contribution is 9.10. The molecule has 0 aliphatic carbocycles. The van der Waals surface area contributed by atoms with Gasteiger partial charge in [0.05, 0.1) is 0 Å². The van der Waals surface area contributed by atoms with Crippen LogP contribution in [-0.2, 0) is 6.42 Å². The van der Waals surface area contributed by atoms with E-state index in [9.17, 15) is 0 Å². The highest BCUT2D eigenvalue weighted by Gasteiger charge is 2.06. The molecular formula is C10H10BrN3S2. The first kappa shape index (κ1) is 12.0. The van der Waals surface area contributed by atoms with Crippen LogP contribution in [0, 0.1) is 6.92 Å². The summed E-state index contributed by atoms with van der Waals surface area (Å²) in [6.45, 7) is 4.04. The Hall–Kier alpha value is -0.460. The van der Waals surface area contributed by atoms with Crippen molar-refractivity contribution >= 4 is 39.0 Å². The Morgan fingerprint density at radius 3 is 2.81 bits per heavy atom. The molecule has 2 rings (SSSR count). The predicted molar refractivity (Wildman–Crippen MR) is 70.1 cm³/mol. The SMILES string of the molecule is CCc1nc(Br)cc(Sc2nc(C)cs2)n1. The van der Waals surface area contributed by atoms with Crippen molar-refractivity contribution in [1.82, 2.24) is 15.0 Å². The molecule has 0 aromatic carbocycles. The van der Waals surface area contributed by atoms with Gasteiger partial charge in [-0.05, 0) is 34.6 Å². The molecule has 0 bridgehead atoms. The minimum absolute atomic E-state index is 0.829. The minimum Gasteiger partial charge on any atom is -0.235 e. The van der Waals surface area contributed by atoms with Crippen molar-refractivity contribution in [2.45, 2.75) is 29.6 Å². The van der Waals surface area contributed by atoms with Gasteiger partial charge in [0.2, 0.25) is 0 Å². The monoisotopic (exact) mass is 315 g/mol. The standard InChI is InChI=1S/C10H10BrN3S2/c1-3-8-13-7(11)4-9(14-8)16-10-12-6(2)5-15-10/h4-5H,3H2,1-2H3. The van der Waals surface area contributed by atoms with Crippen LogP contribution < -0.4 is 0 Å². The zero-order valence-corrected chi connectivity index (χ0v) is 12.1. The van der Waals surface area contributed by atoms with E-state index >= 15 is 0 Å². The van der Waals surface area contributed by atoms with Crippen LogP contribution in [0.3, 0.4) is 0 Å². The summed E-state index contributed by atoms with van der Waals surface area (Å²) in [6.07, 6.45) is 0.837. The number of aryl methyl sites for hydroxylation is 2. The zero-order chi connectivity index (χ0) is 11.5. The summed E-state index contributed by atoms with van der Waals surface area (Å²) >= 11 is 6.61. The fraction of sp³-hybridized carbons (Fsp3) is 0.300. The summed E-state index contributed by atoms with van der Waals surface area (Å²) in [7, 11) is 0. The number of aromatic nitrogens is 3. The van der Waals surface area contributed by atoms with Gasteiger partial charge in [-0.25, -0.2) is 15.0 Å². The maximum atomic E-state index is 4.45. The molecule has 2 aromatic heterocycles. The lowest BCUT2D eigenvalue weighted by Gasteiger charge is -2.01. The average Bonchev–Trinajstić information content (AvgIpc) is 2.63. The number of halogens is 1. The Kier molecular flexibility index (Phi) is 3.94. The molecule has 0 saturated heterocycles. The van der Waals surface area contributed by atoms with E-state index in [1.807, 2.05) is 25.3 Å². The topological polar surface area (TPSA) is 38.7 Å². The molecule has 0 N–H and O–H groups in total. The summed E-state index contributed by atoms with van der Waals surface area (Å²) in [5.74, 6) is 0.852. The molecule has 0 aliphatic rings. The fourth-order valence-electron chi connectivity index (χ4n) is 1.12. The maximum Gasteiger partial charge on any atom is 0.156 e. The van der Waals surface area contributed by atoms with Gasteiger partial charge in [-0.3, -0.25) is 0 Å². The first-order valence-electron chi connectivity index (χ1n) is 4.81. The molecule has 0 amide bonds. The molecule has 0 radical (unpaired) electrons. The molecule has 0 saturated carbocycles. The van der Waals surface area contributed by atoms with Gasteiger partial charge in [-0.1, -0.05) is 6.92 Å². The van der Waals surface area contributed by atoms with Crippen LogP contribution in [0.1, 0.15) is 18.4 Å². The Morgan fingerprint density at radius 1 is 1.38 bits per heavy atom. The van der Waals surface area contributed by atoms with Crippen LogP contribution >= 0.6 is 39.0 Å². The lowest BCUT2D eigenvalue weighted by molar-refractivity contribution is 0.876. The highest BCUT2D eigenvalue weighted by atomic mass is 79.9. The van der Waals surface area contributed by atoms with Crippen molar-refractivity contribution in [1.29, 1.82) is 0 Å². The van der Waals surface area contributed by atoms with E-state index in [-0.39, 0.29) is 0 Å². The number of rotatable bonds is 3. The summed E-state index contributed by atoms with van der Waals surface area (Å²) in [6, 6.07) is 1.92. The van der Waals surface area contributed by atoms with E-state index in [0.717, 1.165) is 31.9 Å². The van der Waals surface area contributed by atoms with E-state index in [2.05, 4.69) is 30.9 Å². The Morgan fingerprint density at radius 2 is 2.19 bits per heavy atom. The Balaban J connectivity index is 2.24. The lowest BCUT2D eigenvalue weighted by atomic mass is 10.4. The molecular weight excluding hydrogens is 306 g/mol. The van der Waals surface area contributed by atoms with Crippen molar-refractivity contribution in [2.24, 2.45) is 0 Å². The van der Waals surface area contributed by atoms with Gasteiger partial charge < -0.3 is 0 Å². The predicted octanol–water partition coefficient (Wildman–Crippen LogP) is 3.72. The second kappa shape index (κ2) is 5.25. The maximum absolute atomic E-state index is 4.45. The minimum atomic E-state index is 0.829. The largest absolute Gasteiger partial charge is 0.235 e. The molecule has 3 nitrogen and oxygen atoms in total. The van der Waals surface area contributed by atoms with Crippen LogP contribution in [0.2, 0.25) is 0 Å². The van der Waals surface area contributed by atoms with Crippen molar-refractivity contribution < 1.29 is 0 Å². The fourth-order valence-corrected chi connectivity index (χ4v) is 3.50. The number of hydrogen-bond acceptors (Lipinski definition) is 5. The summed E-state index contributed by atoms with van der Waals surface area (Å²) in [5.41, 5.74) is 1.05. The first-order chi connectivity index (χ1) is 7.67. The first-order valence-corrected chi connectivity index (χ1v) is 7.29. The van der Waals surface area contributed by atoms with Crippen LogP contribution in [-0.4, -0.2) is 15.0 Å². The molecule has 84 valence electrons. The molecule has 0 fully saturated rings. The van der Waals surface area contributed by atoms with Gasteiger partial charge >= 0.3 is 0 Å². The molecule has 6 heteroatoms. The summed E-state index contributed by atoms with van der Waals surface area (Å²) in [5, 5.41) is 2.98. The van der Waals surface area contributed by atoms with Crippen LogP contribution in [0.15, 0.2) is 25.4 Å². The normalized spacial score (nSPS) is 10.7. The van der Waals surface area contributed by atoms with Crippen molar-refractivity contribution in [3.8, 4) is 0 Å². The molecule has 0 spiro atoms. The van der Waals surface area contributed by atoms with Gasteiger partial charge in [0.25, 0.3) is 0 Å². The molecule has 2 aromatic rings. The number of hydrogen-bond donors (Lipinski definition) is 0. The lowest BCUT2D eigenvalue weighted by Crippen LogP contribution is -1.94. The molecule has 2 heterocycles. The van der Waals surface area contributed by atoms with Crippen molar-refractivity contribution in [2.75, 3.05) is 0 Å². The van der Waals surface area contributed by atoms with Gasteiger partial charge in [0.15, 0.2) is 4.34 Å². The second-order valence-electron chi connectivity index (χ2n) is 3.16. The molecule has 0 atom stereocenters. The van der Waals surface area contributed by atoms with Crippen LogP contribution in [0.5, 0.6) is 0 Å². The van der Waals surface area contributed by atoms with Gasteiger partial charge in [0.1, 0.15) is 15.5 Å². The third kappa shape index (κ3) is 3.02. The van der Waals surface area contributed by atoms with E-state index in [4.69, 9.17) is 0 Å². The van der Waals surface area contributed by atoms with E-state index in [1.54, 1.807) is 23.1 Å². The van der Waals surface area contributed by atoms with Gasteiger partial charge in [-0.15, -0.1) is 11.3 Å². The Bertz CT molecular complexity index is 499. The van der Waals surface area contributed by atoms with Crippen LogP contribution in [0.4, 0.5) is 0 Å². The molecule has 0 unspecified atom stereocenters. The Labute approximate surface area is 111 Å². The average molecular weight is 316 g/mol. The summed E-state index contributed by atoms with van der Waals surface area (Å²) < 4.78 is 1.85. The number of nitrogens with zero attached hydrogens (tertiary/aromatic N) is 3. The van der Waals surface area contributed by atoms with Gasteiger partial charge in [-0.2, -0.15) is 0 Å². The summed E-state index contributed by atoms with van der Waals surface area (Å²) in [4.78, 5) is 13.1. The van der Waals surface area contributed by atoms with E-state index in [0.29, 0.717) is 0 Å². The number of thiazole rings is 1. The van der Waals surface area contributed by atoms with Crippen LogP contribution in [0.25, 0.3) is 0 Å². The van der Waals surface area contributed by atoms with Crippen molar-refractivity contribution in [3.63, 3.8) is 0 Å². The van der Waals surface area contributed by atoms with E-state index in [1.165, 1.54) is 0 Å².